The zero-order valence-electron chi connectivity index (χ0n) is 19.2. The normalized spacial score (nSPS) is 21.6. The summed E-state index contributed by atoms with van der Waals surface area (Å²) in [7, 11) is 0. The molecule has 2 atom stereocenters. The number of ether oxygens (including phenoxy) is 2. The zero-order chi connectivity index (χ0) is 24.4. The number of hydrogen-bond donors (Lipinski definition) is 1. The van der Waals surface area contributed by atoms with E-state index in [1.165, 1.54) is 16.7 Å². The molecule has 8 nitrogen and oxygen atoms in total. The van der Waals surface area contributed by atoms with E-state index in [0.29, 0.717) is 24.4 Å². The number of nitrogens with zero attached hydrogens (tertiary/aromatic N) is 2. The number of β-lactam (4-membered cyclic amide) rings is 1. The molecule has 2 fully saturated rings. The van der Waals surface area contributed by atoms with Crippen molar-refractivity contribution in [2.45, 2.75) is 30.4 Å². The number of rotatable bonds is 6. The van der Waals surface area contributed by atoms with Crippen molar-refractivity contribution in [1.29, 1.82) is 0 Å². The highest BCUT2D eigenvalue weighted by Gasteiger charge is 2.52. The molecule has 2 aromatic rings. The van der Waals surface area contributed by atoms with E-state index in [4.69, 9.17) is 15.2 Å². The molecule has 2 aromatic carbocycles. The van der Waals surface area contributed by atoms with Gasteiger partial charge in [-0.05, 0) is 24.0 Å². The number of carbonyl (C=O) groups is 3. The Hall–Kier alpha value is -3.30. The molecule has 0 radical (unpaired) electrons. The van der Waals surface area contributed by atoms with Crippen molar-refractivity contribution in [3.8, 4) is 0 Å². The second-order valence-electron chi connectivity index (χ2n) is 8.74. The predicted molar refractivity (Wildman–Crippen MR) is 131 cm³/mol. The van der Waals surface area contributed by atoms with E-state index in [9.17, 15) is 14.4 Å². The van der Waals surface area contributed by atoms with Gasteiger partial charge in [-0.2, -0.15) is 0 Å². The molecule has 182 valence electrons. The molecule has 2 saturated heterocycles. The van der Waals surface area contributed by atoms with Gasteiger partial charge in [0.25, 0.3) is 0 Å². The lowest BCUT2D eigenvalue weighted by Gasteiger charge is -2.48. The van der Waals surface area contributed by atoms with Crippen molar-refractivity contribution in [3.05, 3.63) is 83.1 Å². The fraction of sp³-hybridized carbons (Fsp3) is 0.346. The monoisotopic (exact) mass is 493 g/mol. The molecule has 3 aliphatic heterocycles. The van der Waals surface area contributed by atoms with Gasteiger partial charge in [0.15, 0.2) is 6.10 Å². The first-order chi connectivity index (χ1) is 17.0. The summed E-state index contributed by atoms with van der Waals surface area (Å²) in [6.07, 6.45) is 0.831. The van der Waals surface area contributed by atoms with Crippen LogP contribution >= 0.6 is 11.8 Å². The molecular weight excluding hydrogens is 466 g/mol. The first-order valence-electron chi connectivity index (χ1n) is 11.7. The molecule has 2 N–H and O–H groups in total. The molecule has 3 heterocycles. The highest BCUT2D eigenvalue weighted by atomic mass is 32.2. The van der Waals surface area contributed by atoms with Gasteiger partial charge in [0.1, 0.15) is 23.7 Å². The Bertz CT molecular complexity index is 1090. The van der Waals surface area contributed by atoms with E-state index < -0.39 is 24.2 Å². The van der Waals surface area contributed by atoms with Crippen LogP contribution in [0.2, 0.25) is 0 Å². The minimum Gasteiger partial charge on any atom is -0.448 e. The molecule has 5 rings (SSSR count). The maximum absolute atomic E-state index is 13.6. The fourth-order valence-corrected chi connectivity index (χ4v) is 5.84. The molecule has 0 saturated carbocycles. The average Bonchev–Trinajstić information content (AvgIpc) is 3.45. The summed E-state index contributed by atoms with van der Waals surface area (Å²) >= 11 is 1.46. The summed E-state index contributed by atoms with van der Waals surface area (Å²) in [6, 6.07) is 18.2. The number of nitrogens with two attached hydrogens (primary N) is 1. The van der Waals surface area contributed by atoms with Gasteiger partial charge < -0.3 is 20.1 Å². The third kappa shape index (κ3) is 4.66. The molecule has 0 bridgehead atoms. The van der Waals surface area contributed by atoms with Crippen molar-refractivity contribution in [2.75, 3.05) is 25.4 Å². The largest absolute Gasteiger partial charge is 0.448 e. The molecule has 35 heavy (non-hydrogen) atoms. The van der Waals surface area contributed by atoms with Crippen LogP contribution in [0.5, 0.6) is 0 Å². The standard InChI is InChI=1S/C26H27N3O5S/c27-20-23(30)29-21(19(16-35-24(20)29)15-33-26(32)28-13-7-8-14-28)25(31)34-22(17-9-3-1-4-10-17)18-11-5-2-6-12-18/h1-6,9-12,20,22,24H,7-8,13-16,27H2/t20-,24-/m1/s1. The number of amides is 2. The van der Waals surface area contributed by atoms with Crippen molar-refractivity contribution in [3.63, 3.8) is 0 Å². The SMILES string of the molecule is N[C@@H]1C(=O)N2C(C(=O)OC(c3ccccc3)c3ccccc3)=C(COC(=O)N3CCCC3)CS[C@H]12. The second-order valence-corrected chi connectivity index (χ2v) is 9.85. The topological polar surface area (TPSA) is 102 Å². The van der Waals surface area contributed by atoms with Gasteiger partial charge in [-0.15, -0.1) is 11.8 Å². The lowest BCUT2D eigenvalue weighted by molar-refractivity contribution is -0.153. The molecule has 9 heteroatoms. The predicted octanol–water partition coefficient (Wildman–Crippen LogP) is 3.05. The van der Waals surface area contributed by atoms with Gasteiger partial charge >= 0.3 is 12.1 Å². The molecular formula is C26H27N3O5S. The smallest absolute Gasteiger partial charge is 0.410 e. The van der Waals surface area contributed by atoms with Gasteiger partial charge in [-0.3, -0.25) is 9.69 Å². The second kappa shape index (κ2) is 10.1. The quantitative estimate of drug-likeness (QED) is 0.487. The summed E-state index contributed by atoms with van der Waals surface area (Å²) in [4.78, 5) is 41.8. The Morgan fingerprint density at radius 2 is 1.60 bits per heavy atom. The van der Waals surface area contributed by atoms with Crippen LogP contribution in [-0.2, 0) is 19.1 Å². The van der Waals surface area contributed by atoms with Gasteiger partial charge in [-0.25, -0.2) is 9.59 Å². The summed E-state index contributed by atoms with van der Waals surface area (Å²) in [5, 5.41) is -0.338. The van der Waals surface area contributed by atoms with Crippen molar-refractivity contribution < 1.29 is 23.9 Å². The van der Waals surface area contributed by atoms with E-state index in [2.05, 4.69) is 0 Å². The van der Waals surface area contributed by atoms with E-state index in [-0.39, 0.29) is 23.6 Å². The summed E-state index contributed by atoms with van der Waals surface area (Å²) < 4.78 is 11.6. The first kappa shape index (κ1) is 23.4. The Balaban J connectivity index is 1.43. The summed E-state index contributed by atoms with van der Waals surface area (Å²) in [6.45, 7) is 1.25. The van der Waals surface area contributed by atoms with Crippen molar-refractivity contribution in [2.24, 2.45) is 5.73 Å². The average molecular weight is 494 g/mol. The molecule has 3 aliphatic rings. The minimum absolute atomic E-state index is 0.0835. The number of carbonyl (C=O) groups excluding carboxylic acids is 3. The Kier molecular flexibility index (Phi) is 6.79. The Morgan fingerprint density at radius 3 is 2.20 bits per heavy atom. The summed E-state index contributed by atoms with van der Waals surface area (Å²) in [5.74, 6) is -0.560. The van der Waals surface area contributed by atoms with Crippen molar-refractivity contribution in [1.82, 2.24) is 9.80 Å². The fourth-order valence-electron chi connectivity index (χ4n) is 4.57. The number of esters is 1. The van der Waals surface area contributed by atoms with Crippen LogP contribution in [0, 0.1) is 0 Å². The minimum atomic E-state index is -0.671. The lowest BCUT2D eigenvalue weighted by Crippen LogP contribution is -2.68. The lowest BCUT2D eigenvalue weighted by atomic mass is 10.0. The van der Waals surface area contributed by atoms with E-state index in [0.717, 1.165) is 24.0 Å². The number of likely N-dealkylation sites (tertiary alicyclic amines) is 1. The molecule has 0 unspecified atom stereocenters. The maximum Gasteiger partial charge on any atom is 0.410 e. The molecule has 0 spiro atoms. The van der Waals surface area contributed by atoms with Crippen LogP contribution < -0.4 is 5.73 Å². The van der Waals surface area contributed by atoms with Crippen LogP contribution in [0.15, 0.2) is 71.9 Å². The zero-order valence-corrected chi connectivity index (χ0v) is 20.0. The first-order valence-corrected chi connectivity index (χ1v) is 12.7. The maximum atomic E-state index is 13.6. The third-order valence-corrected chi connectivity index (χ3v) is 7.81. The van der Waals surface area contributed by atoms with Gasteiger partial charge in [0.05, 0.1) is 0 Å². The Labute approximate surface area is 208 Å². The number of fused-ring (bicyclic) bond motifs is 1. The van der Waals surface area contributed by atoms with Gasteiger partial charge in [0.2, 0.25) is 5.91 Å². The van der Waals surface area contributed by atoms with Crippen LogP contribution in [0.4, 0.5) is 4.79 Å². The highest BCUT2D eigenvalue weighted by Crippen LogP contribution is 2.41. The van der Waals surface area contributed by atoms with Crippen LogP contribution in [0.3, 0.4) is 0 Å². The van der Waals surface area contributed by atoms with Gasteiger partial charge in [-0.1, -0.05) is 60.7 Å². The van der Waals surface area contributed by atoms with Crippen LogP contribution in [-0.4, -0.2) is 64.6 Å². The van der Waals surface area contributed by atoms with E-state index in [1.54, 1.807) is 4.90 Å². The van der Waals surface area contributed by atoms with Crippen LogP contribution in [0.1, 0.15) is 30.1 Å². The Morgan fingerprint density at radius 1 is 1.00 bits per heavy atom. The number of benzene rings is 2. The van der Waals surface area contributed by atoms with E-state index >= 15 is 0 Å². The summed E-state index contributed by atoms with van der Waals surface area (Å²) in [5.41, 5.74) is 8.29. The number of hydrogen-bond acceptors (Lipinski definition) is 7. The number of thioether (sulfide) groups is 1. The third-order valence-electron chi connectivity index (χ3n) is 6.45. The van der Waals surface area contributed by atoms with Crippen molar-refractivity contribution >= 4 is 29.7 Å². The molecule has 0 aliphatic carbocycles. The molecule has 2 amide bonds. The van der Waals surface area contributed by atoms with Crippen LogP contribution in [0.25, 0.3) is 0 Å². The highest BCUT2D eigenvalue weighted by molar-refractivity contribution is 8.00. The molecule has 0 aromatic heterocycles. The van der Waals surface area contributed by atoms with E-state index in [1.807, 2.05) is 60.7 Å². The van der Waals surface area contributed by atoms with Gasteiger partial charge in [0, 0.05) is 24.4 Å².